The largest absolute Gasteiger partial charge is 0.508 e. The minimum absolute atomic E-state index is 0.000166. The van der Waals surface area contributed by atoms with Crippen LogP contribution in [0.5, 0.6) is 5.75 Å². The van der Waals surface area contributed by atoms with Crippen molar-refractivity contribution >= 4 is 11.6 Å². The first-order valence-electron chi connectivity index (χ1n) is 8.33. The number of hydrogen-bond donors (Lipinski definition) is 2. The monoisotopic (exact) mass is 331 g/mol. The van der Waals surface area contributed by atoms with Crippen molar-refractivity contribution in [3.8, 4) is 5.75 Å². The number of anilines is 1. The van der Waals surface area contributed by atoms with Crippen molar-refractivity contribution in [3.63, 3.8) is 0 Å². The van der Waals surface area contributed by atoms with Gasteiger partial charge >= 0.3 is 0 Å². The van der Waals surface area contributed by atoms with Crippen LogP contribution < -0.4 is 5.32 Å². The maximum Gasteiger partial charge on any atom is 0.225 e. The number of carbonyl (C=O) groups excluding carboxylic acids is 1. The molecule has 3 heteroatoms. The van der Waals surface area contributed by atoms with Crippen LogP contribution >= 0.6 is 0 Å². The van der Waals surface area contributed by atoms with E-state index in [0.29, 0.717) is 6.42 Å². The molecule has 3 nitrogen and oxygen atoms in total. The summed E-state index contributed by atoms with van der Waals surface area (Å²) in [7, 11) is 0. The summed E-state index contributed by atoms with van der Waals surface area (Å²) in [5.41, 5.74) is 3.80. The Hall–Kier alpha value is -3.07. The lowest BCUT2D eigenvalue weighted by Gasteiger charge is -2.18. The normalized spacial score (nSPS) is 10.6. The van der Waals surface area contributed by atoms with Gasteiger partial charge in [0.05, 0.1) is 0 Å². The van der Waals surface area contributed by atoms with Crippen molar-refractivity contribution in [2.75, 3.05) is 5.32 Å². The van der Waals surface area contributed by atoms with Crippen LogP contribution in [0, 0.1) is 6.92 Å². The molecule has 0 aromatic heterocycles. The summed E-state index contributed by atoms with van der Waals surface area (Å²) in [6.07, 6.45) is 0.355. The Morgan fingerprint density at radius 3 is 2.00 bits per heavy atom. The van der Waals surface area contributed by atoms with Crippen LogP contribution in [0.25, 0.3) is 0 Å². The third-order valence-corrected chi connectivity index (χ3v) is 4.28. The van der Waals surface area contributed by atoms with Crippen molar-refractivity contribution in [2.24, 2.45) is 0 Å². The van der Waals surface area contributed by atoms with E-state index < -0.39 is 0 Å². The summed E-state index contributed by atoms with van der Waals surface area (Å²) < 4.78 is 0. The summed E-state index contributed by atoms with van der Waals surface area (Å²) >= 11 is 0. The lowest BCUT2D eigenvalue weighted by molar-refractivity contribution is -0.116. The van der Waals surface area contributed by atoms with E-state index in [4.69, 9.17) is 0 Å². The van der Waals surface area contributed by atoms with E-state index >= 15 is 0 Å². The standard InChI is InChI=1S/C22H21NO2/c1-16-14-19(24)12-13-21(16)23-22(25)15-20(17-8-4-2-5-9-17)18-10-6-3-7-11-18/h2-14,20,24H,15H2,1H3,(H,23,25). The average molecular weight is 331 g/mol. The van der Waals surface area contributed by atoms with Crippen molar-refractivity contribution in [1.29, 1.82) is 0 Å². The zero-order valence-corrected chi connectivity index (χ0v) is 14.1. The number of rotatable bonds is 5. The number of amides is 1. The molecule has 0 atom stereocenters. The Kier molecular flexibility index (Phi) is 5.14. The Labute approximate surface area is 148 Å². The fourth-order valence-electron chi connectivity index (χ4n) is 2.97. The molecule has 0 aliphatic carbocycles. The van der Waals surface area contributed by atoms with Gasteiger partial charge in [-0.3, -0.25) is 4.79 Å². The molecule has 1 amide bonds. The molecule has 3 aromatic rings. The Morgan fingerprint density at radius 2 is 1.48 bits per heavy atom. The van der Waals surface area contributed by atoms with Crippen LogP contribution in [0.15, 0.2) is 78.9 Å². The first kappa shape index (κ1) is 16.8. The molecule has 0 radical (unpaired) electrons. The summed E-state index contributed by atoms with van der Waals surface area (Å²) in [5, 5.41) is 12.5. The van der Waals surface area contributed by atoms with Gasteiger partial charge in [0, 0.05) is 18.0 Å². The zero-order chi connectivity index (χ0) is 17.6. The molecule has 0 heterocycles. The van der Waals surface area contributed by atoms with Crippen molar-refractivity contribution in [1.82, 2.24) is 0 Å². The molecular formula is C22H21NO2. The fourth-order valence-corrected chi connectivity index (χ4v) is 2.97. The molecule has 3 rings (SSSR count). The van der Waals surface area contributed by atoms with Crippen molar-refractivity contribution in [3.05, 3.63) is 95.6 Å². The topological polar surface area (TPSA) is 49.3 Å². The zero-order valence-electron chi connectivity index (χ0n) is 14.1. The van der Waals surface area contributed by atoms with E-state index in [0.717, 1.165) is 22.4 Å². The van der Waals surface area contributed by atoms with Gasteiger partial charge in [-0.2, -0.15) is 0 Å². The molecule has 0 spiro atoms. The molecule has 0 fully saturated rings. The van der Waals surface area contributed by atoms with E-state index in [1.807, 2.05) is 43.3 Å². The third kappa shape index (κ3) is 4.27. The van der Waals surface area contributed by atoms with Crippen molar-refractivity contribution < 1.29 is 9.90 Å². The Morgan fingerprint density at radius 1 is 0.920 bits per heavy atom. The van der Waals surface area contributed by atoms with Crippen LogP contribution in [0.3, 0.4) is 0 Å². The summed E-state index contributed by atoms with van der Waals surface area (Å²) in [6, 6.07) is 25.1. The van der Waals surface area contributed by atoms with Gasteiger partial charge in [0.15, 0.2) is 0 Å². The fraction of sp³-hybridized carbons (Fsp3) is 0.136. The minimum Gasteiger partial charge on any atom is -0.508 e. The summed E-state index contributed by atoms with van der Waals surface area (Å²) in [5.74, 6) is 0.147. The number of hydrogen-bond acceptors (Lipinski definition) is 2. The van der Waals surface area contributed by atoms with Crippen LogP contribution in [0.2, 0.25) is 0 Å². The lowest BCUT2D eigenvalue weighted by Crippen LogP contribution is -2.17. The molecule has 2 N–H and O–H groups in total. The number of phenols is 1. The molecule has 0 unspecified atom stereocenters. The van der Waals surface area contributed by atoms with Crippen LogP contribution in [0.4, 0.5) is 5.69 Å². The number of phenolic OH excluding ortho intramolecular Hbond substituents is 1. The Balaban J connectivity index is 1.82. The highest BCUT2D eigenvalue weighted by Crippen LogP contribution is 2.29. The molecular weight excluding hydrogens is 310 g/mol. The van der Waals surface area contributed by atoms with Gasteiger partial charge in [-0.25, -0.2) is 0 Å². The molecule has 0 bridgehead atoms. The van der Waals surface area contributed by atoms with E-state index in [2.05, 4.69) is 29.6 Å². The minimum atomic E-state index is -0.0495. The molecule has 126 valence electrons. The number of aromatic hydroxyl groups is 1. The van der Waals surface area contributed by atoms with E-state index in [-0.39, 0.29) is 17.6 Å². The number of benzene rings is 3. The molecule has 0 aliphatic heterocycles. The predicted molar refractivity (Wildman–Crippen MR) is 101 cm³/mol. The second-order valence-electron chi connectivity index (χ2n) is 6.13. The van der Waals surface area contributed by atoms with E-state index in [1.165, 1.54) is 0 Å². The first-order chi connectivity index (χ1) is 12.1. The maximum absolute atomic E-state index is 12.6. The van der Waals surface area contributed by atoms with Gasteiger partial charge in [0.25, 0.3) is 0 Å². The smallest absolute Gasteiger partial charge is 0.225 e. The van der Waals surface area contributed by atoms with Gasteiger partial charge in [-0.05, 0) is 41.8 Å². The first-order valence-corrected chi connectivity index (χ1v) is 8.33. The summed E-state index contributed by atoms with van der Waals surface area (Å²) in [6.45, 7) is 1.86. The number of carbonyl (C=O) groups is 1. The quantitative estimate of drug-likeness (QED) is 0.656. The average Bonchev–Trinajstić information content (AvgIpc) is 2.63. The van der Waals surface area contributed by atoms with Gasteiger partial charge in [-0.1, -0.05) is 60.7 Å². The van der Waals surface area contributed by atoms with Crippen molar-refractivity contribution in [2.45, 2.75) is 19.3 Å². The van der Waals surface area contributed by atoms with Gasteiger partial charge in [0.1, 0.15) is 5.75 Å². The van der Waals surface area contributed by atoms with Gasteiger partial charge in [0.2, 0.25) is 5.91 Å². The molecule has 0 saturated carbocycles. The highest BCUT2D eigenvalue weighted by atomic mass is 16.3. The highest BCUT2D eigenvalue weighted by molar-refractivity contribution is 5.92. The SMILES string of the molecule is Cc1cc(O)ccc1NC(=O)CC(c1ccccc1)c1ccccc1. The highest BCUT2D eigenvalue weighted by Gasteiger charge is 2.18. The summed E-state index contributed by atoms with van der Waals surface area (Å²) in [4.78, 5) is 12.6. The third-order valence-electron chi connectivity index (χ3n) is 4.28. The Bertz CT molecular complexity index is 805. The molecule has 0 saturated heterocycles. The predicted octanol–water partition coefficient (Wildman–Crippen LogP) is 4.86. The van der Waals surface area contributed by atoms with Gasteiger partial charge in [-0.15, -0.1) is 0 Å². The molecule has 25 heavy (non-hydrogen) atoms. The maximum atomic E-state index is 12.6. The van der Waals surface area contributed by atoms with E-state index in [9.17, 15) is 9.90 Å². The molecule has 3 aromatic carbocycles. The van der Waals surface area contributed by atoms with Crippen LogP contribution in [-0.2, 0) is 4.79 Å². The number of nitrogens with one attached hydrogen (secondary N) is 1. The second kappa shape index (κ2) is 7.67. The molecule has 0 aliphatic rings. The lowest BCUT2D eigenvalue weighted by atomic mass is 9.88. The second-order valence-corrected chi connectivity index (χ2v) is 6.13. The van der Waals surface area contributed by atoms with E-state index in [1.54, 1.807) is 18.2 Å². The van der Waals surface area contributed by atoms with Crippen LogP contribution in [0.1, 0.15) is 29.0 Å². The van der Waals surface area contributed by atoms with Gasteiger partial charge < -0.3 is 10.4 Å². The van der Waals surface area contributed by atoms with Crippen LogP contribution in [-0.4, -0.2) is 11.0 Å². The number of aryl methyl sites for hydroxylation is 1.